The molecule has 2 heterocycles. The van der Waals surface area contributed by atoms with Crippen molar-refractivity contribution in [2.24, 2.45) is 0 Å². The number of rotatable bonds is 2. The molecule has 1 fully saturated rings. The van der Waals surface area contributed by atoms with Gasteiger partial charge in [-0.1, -0.05) is 28.1 Å². The summed E-state index contributed by atoms with van der Waals surface area (Å²) in [7, 11) is 0. The molecule has 0 aliphatic carbocycles. The molecule has 1 aromatic heterocycles. The SMILES string of the molecule is O=C1CN(C(=O)c2ccsc2)C(c2cccc(Br)c2)N1O. The third-order valence-electron chi connectivity index (χ3n) is 3.26. The highest BCUT2D eigenvalue weighted by atomic mass is 79.9. The first-order valence-electron chi connectivity index (χ1n) is 6.17. The van der Waals surface area contributed by atoms with Gasteiger partial charge in [0.2, 0.25) is 0 Å². The van der Waals surface area contributed by atoms with Gasteiger partial charge in [-0.05, 0) is 29.1 Å². The highest BCUT2D eigenvalue weighted by Gasteiger charge is 2.41. The summed E-state index contributed by atoms with van der Waals surface area (Å²) < 4.78 is 0.815. The van der Waals surface area contributed by atoms with Crippen LogP contribution in [-0.2, 0) is 4.79 Å². The molecule has 0 radical (unpaired) electrons. The van der Waals surface area contributed by atoms with Gasteiger partial charge in [0.25, 0.3) is 11.8 Å². The van der Waals surface area contributed by atoms with Crippen LogP contribution in [0.4, 0.5) is 0 Å². The Kier molecular flexibility index (Phi) is 3.79. The largest absolute Gasteiger partial charge is 0.302 e. The second kappa shape index (κ2) is 5.59. The molecule has 1 atom stereocenters. The van der Waals surface area contributed by atoms with E-state index in [0.29, 0.717) is 16.2 Å². The zero-order valence-corrected chi connectivity index (χ0v) is 13.2. The normalized spacial score (nSPS) is 18.4. The molecular weight excluding hydrogens is 356 g/mol. The Labute approximate surface area is 133 Å². The van der Waals surface area contributed by atoms with Gasteiger partial charge in [-0.2, -0.15) is 16.4 Å². The van der Waals surface area contributed by atoms with E-state index in [2.05, 4.69) is 15.9 Å². The van der Waals surface area contributed by atoms with Gasteiger partial charge in [-0.3, -0.25) is 14.8 Å². The molecule has 21 heavy (non-hydrogen) atoms. The standard InChI is InChI=1S/C14H11BrN2O3S/c15-11-3-1-2-9(6-11)13-16(7-12(18)17(13)20)14(19)10-4-5-21-8-10/h1-6,8,13,20H,7H2. The Morgan fingerprint density at radius 2 is 2.19 bits per heavy atom. The van der Waals surface area contributed by atoms with E-state index >= 15 is 0 Å². The Balaban J connectivity index is 1.99. The van der Waals surface area contributed by atoms with Gasteiger partial charge in [0, 0.05) is 9.85 Å². The molecule has 0 spiro atoms. The van der Waals surface area contributed by atoms with Crippen LogP contribution < -0.4 is 0 Å². The van der Waals surface area contributed by atoms with Crippen molar-refractivity contribution in [2.75, 3.05) is 6.54 Å². The second-order valence-electron chi connectivity index (χ2n) is 4.61. The van der Waals surface area contributed by atoms with Crippen LogP contribution in [0.1, 0.15) is 22.1 Å². The van der Waals surface area contributed by atoms with Crippen molar-refractivity contribution >= 4 is 39.1 Å². The monoisotopic (exact) mass is 366 g/mol. The van der Waals surface area contributed by atoms with E-state index in [9.17, 15) is 14.8 Å². The van der Waals surface area contributed by atoms with Gasteiger partial charge in [0.1, 0.15) is 6.54 Å². The number of thiophene rings is 1. The Hall–Kier alpha value is -1.70. The highest BCUT2D eigenvalue weighted by Crippen LogP contribution is 2.32. The Morgan fingerprint density at radius 3 is 2.86 bits per heavy atom. The molecule has 1 aliphatic rings. The van der Waals surface area contributed by atoms with Crippen LogP contribution >= 0.6 is 27.3 Å². The predicted molar refractivity (Wildman–Crippen MR) is 80.9 cm³/mol. The summed E-state index contributed by atoms with van der Waals surface area (Å²) in [5.41, 5.74) is 1.18. The smallest absolute Gasteiger partial charge is 0.267 e. The lowest BCUT2D eigenvalue weighted by Gasteiger charge is -2.26. The molecule has 1 saturated heterocycles. The van der Waals surface area contributed by atoms with Crippen molar-refractivity contribution in [2.45, 2.75) is 6.17 Å². The zero-order chi connectivity index (χ0) is 15.0. The number of carbonyl (C=O) groups excluding carboxylic acids is 2. The van der Waals surface area contributed by atoms with Crippen LogP contribution in [0.5, 0.6) is 0 Å². The quantitative estimate of drug-likeness (QED) is 0.831. The number of nitrogens with zero attached hydrogens (tertiary/aromatic N) is 2. The fraction of sp³-hybridized carbons (Fsp3) is 0.143. The zero-order valence-electron chi connectivity index (χ0n) is 10.8. The average molecular weight is 367 g/mol. The number of carbonyl (C=O) groups is 2. The van der Waals surface area contributed by atoms with E-state index in [0.717, 1.165) is 4.47 Å². The summed E-state index contributed by atoms with van der Waals surface area (Å²) in [5.74, 6) is -0.769. The van der Waals surface area contributed by atoms with Gasteiger partial charge in [0.05, 0.1) is 5.56 Å². The molecule has 108 valence electrons. The second-order valence-corrected chi connectivity index (χ2v) is 6.31. The number of benzene rings is 1. The van der Waals surface area contributed by atoms with E-state index in [-0.39, 0.29) is 12.5 Å². The third kappa shape index (κ3) is 2.59. The minimum atomic E-state index is -0.803. The van der Waals surface area contributed by atoms with Crippen molar-refractivity contribution in [1.29, 1.82) is 0 Å². The predicted octanol–water partition coefficient (Wildman–Crippen LogP) is 2.88. The van der Waals surface area contributed by atoms with Crippen LogP contribution in [0.25, 0.3) is 0 Å². The molecule has 2 aromatic rings. The summed E-state index contributed by atoms with van der Waals surface area (Å²) in [6.45, 7) is -0.137. The number of hydrogen-bond acceptors (Lipinski definition) is 4. The molecule has 0 saturated carbocycles. The van der Waals surface area contributed by atoms with Gasteiger partial charge < -0.3 is 4.90 Å². The first kappa shape index (κ1) is 14.2. The van der Waals surface area contributed by atoms with E-state index in [1.807, 2.05) is 6.07 Å². The van der Waals surface area contributed by atoms with E-state index in [1.165, 1.54) is 16.2 Å². The Bertz CT molecular complexity index is 689. The molecule has 1 aromatic carbocycles. The van der Waals surface area contributed by atoms with Crippen molar-refractivity contribution in [1.82, 2.24) is 9.96 Å². The maximum atomic E-state index is 12.5. The fourth-order valence-electron chi connectivity index (χ4n) is 2.30. The van der Waals surface area contributed by atoms with Gasteiger partial charge in [-0.15, -0.1) is 0 Å². The van der Waals surface area contributed by atoms with Gasteiger partial charge in [0.15, 0.2) is 6.17 Å². The van der Waals surface area contributed by atoms with Crippen molar-refractivity contribution in [3.05, 3.63) is 56.7 Å². The van der Waals surface area contributed by atoms with Crippen LogP contribution in [-0.4, -0.2) is 33.5 Å². The molecule has 1 aliphatic heterocycles. The summed E-state index contributed by atoms with van der Waals surface area (Å²) in [5, 5.41) is 14.1. The van der Waals surface area contributed by atoms with E-state index in [4.69, 9.17) is 0 Å². The van der Waals surface area contributed by atoms with E-state index in [1.54, 1.807) is 35.0 Å². The maximum Gasteiger partial charge on any atom is 0.267 e. The molecule has 3 rings (SSSR count). The van der Waals surface area contributed by atoms with Crippen molar-refractivity contribution in [3.8, 4) is 0 Å². The minimum absolute atomic E-state index is 0.137. The lowest BCUT2D eigenvalue weighted by Crippen LogP contribution is -2.34. The fourth-order valence-corrected chi connectivity index (χ4v) is 3.34. The molecule has 0 bridgehead atoms. The molecule has 1 unspecified atom stereocenters. The molecular formula is C14H11BrN2O3S. The summed E-state index contributed by atoms with van der Waals surface area (Å²) in [6.07, 6.45) is -0.803. The third-order valence-corrected chi connectivity index (χ3v) is 4.44. The first-order valence-corrected chi connectivity index (χ1v) is 7.91. The van der Waals surface area contributed by atoms with E-state index < -0.39 is 12.1 Å². The number of halogens is 1. The average Bonchev–Trinajstić information content (AvgIpc) is 3.08. The minimum Gasteiger partial charge on any atom is -0.302 e. The molecule has 7 heteroatoms. The summed E-state index contributed by atoms with van der Waals surface area (Å²) in [4.78, 5) is 25.7. The maximum absolute atomic E-state index is 12.5. The molecule has 2 amide bonds. The molecule has 1 N–H and O–H groups in total. The number of hydroxylamine groups is 2. The van der Waals surface area contributed by atoms with Crippen LogP contribution in [0.15, 0.2) is 45.6 Å². The van der Waals surface area contributed by atoms with Gasteiger partial charge >= 0.3 is 0 Å². The lowest BCUT2D eigenvalue weighted by molar-refractivity contribution is -0.168. The van der Waals surface area contributed by atoms with Crippen LogP contribution in [0, 0.1) is 0 Å². The summed E-state index contributed by atoms with van der Waals surface area (Å²) in [6, 6.07) is 8.89. The number of amides is 2. The van der Waals surface area contributed by atoms with Crippen LogP contribution in [0.3, 0.4) is 0 Å². The molecule has 5 nitrogen and oxygen atoms in total. The summed E-state index contributed by atoms with van der Waals surface area (Å²) >= 11 is 4.76. The highest BCUT2D eigenvalue weighted by molar-refractivity contribution is 9.10. The first-order chi connectivity index (χ1) is 10.1. The van der Waals surface area contributed by atoms with Crippen LogP contribution in [0.2, 0.25) is 0 Å². The lowest BCUT2D eigenvalue weighted by atomic mass is 10.1. The van der Waals surface area contributed by atoms with Crippen molar-refractivity contribution < 1.29 is 14.8 Å². The Morgan fingerprint density at radius 1 is 1.38 bits per heavy atom. The number of hydrogen-bond donors (Lipinski definition) is 1. The van der Waals surface area contributed by atoms with Gasteiger partial charge in [-0.25, -0.2) is 0 Å². The van der Waals surface area contributed by atoms with Crippen molar-refractivity contribution in [3.63, 3.8) is 0 Å². The topological polar surface area (TPSA) is 60.9 Å².